The van der Waals surface area contributed by atoms with Crippen LogP contribution in [0.3, 0.4) is 0 Å². The Labute approximate surface area is 117 Å². The van der Waals surface area contributed by atoms with E-state index in [1.165, 1.54) is 0 Å². The number of carboxylic acid groups (broad SMARTS) is 1. The molecule has 0 atom stereocenters. The minimum atomic E-state index is -0.805. The van der Waals surface area contributed by atoms with Crippen LogP contribution in [0.15, 0.2) is 66.7 Å². The largest absolute Gasteiger partial charge is 0.481 e. The van der Waals surface area contributed by atoms with Gasteiger partial charge in [0.2, 0.25) is 0 Å². The molecule has 3 rings (SSSR count). The molecule has 98 valence electrons. The predicted octanol–water partition coefficient (Wildman–Crippen LogP) is 4.13. The van der Waals surface area contributed by atoms with Gasteiger partial charge < -0.3 is 5.11 Å². The molecule has 1 N–H and O–H groups in total. The molecule has 0 fully saturated rings. The van der Waals surface area contributed by atoms with Gasteiger partial charge >= 0.3 is 5.97 Å². The molecule has 0 radical (unpaired) electrons. The minimum absolute atomic E-state index is 0.0428. The average molecular weight is 262 g/mol. The van der Waals surface area contributed by atoms with Crippen LogP contribution in [0.4, 0.5) is 0 Å². The van der Waals surface area contributed by atoms with Gasteiger partial charge in [-0.2, -0.15) is 0 Å². The van der Waals surface area contributed by atoms with Gasteiger partial charge in [0.15, 0.2) is 0 Å². The Bertz CT molecular complexity index is 761. The molecule has 0 aliphatic rings. The molecule has 0 saturated carbocycles. The number of carbonyl (C=O) groups is 1. The van der Waals surface area contributed by atoms with Crippen molar-refractivity contribution >= 4 is 16.7 Å². The smallest absolute Gasteiger partial charge is 0.307 e. The first-order valence-corrected chi connectivity index (χ1v) is 6.53. The molecular formula is C18H14O2. The molecule has 0 aliphatic carbocycles. The number of hydrogen-bond donors (Lipinski definition) is 1. The van der Waals surface area contributed by atoms with E-state index < -0.39 is 5.97 Å². The molecule has 0 bridgehead atoms. The summed E-state index contributed by atoms with van der Waals surface area (Å²) in [6.07, 6.45) is 0.0428. The van der Waals surface area contributed by atoms with Gasteiger partial charge in [0.05, 0.1) is 6.42 Å². The zero-order valence-electron chi connectivity index (χ0n) is 10.9. The number of rotatable bonds is 3. The third kappa shape index (κ3) is 2.41. The van der Waals surface area contributed by atoms with E-state index in [-0.39, 0.29) is 6.42 Å². The molecule has 0 saturated heterocycles. The molecule has 0 heterocycles. The molecule has 0 amide bonds. The molecule has 2 heteroatoms. The maximum absolute atomic E-state index is 11.1. The highest BCUT2D eigenvalue weighted by Gasteiger charge is 2.08. The van der Waals surface area contributed by atoms with E-state index in [0.29, 0.717) is 0 Å². The fourth-order valence-corrected chi connectivity index (χ4v) is 2.50. The molecule has 0 spiro atoms. The van der Waals surface area contributed by atoms with Gasteiger partial charge in [-0.15, -0.1) is 0 Å². The third-order valence-electron chi connectivity index (χ3n) is 3.40. The highest BCUT2D eigenvalue weighted by atomic mass is 16.4. The van der Waals surface area contributed by atoms with Crippen molar-refractivity contribution in [2.75, 3.05) is 0 Å². The van der Waals surface area contributed by atoms with Crippen LogP contribution in [-0.4, -0.2) is 11.1 Å². The van der Waals surface area contributed by atoms with E-state index in [9.17, 15) is 4.79 Å². The highest BCUT2D eigenvalue weighted by Crippen LogP contribution is 2.28. The summed E-state index contributed by atoms with van der Waals surface area (Å²) in [6.45, 7) is 0. The van der Waals surface area contributed by atoms with E-state index in [1.807, 2.05) is 60.7 Å². The van der Waals surface area contributed by atoms with Crippen LogP contribution in [0.5, 0.6) is 0 Å². The summed E-state index contributed by atoms with van der Waals surface area (Å²) in [5.41, 5.74) is 3.01. The van der Waals surface area contributed by atoms with Crippen LogP contribution in [0.2, 0.25) is 0 Å². The van der Waals surface area contributed by atoms with Gasteiger partial charge in [-0.1, -0.05) is 54.6 Å². The summed E-state index contributed by atoms with van der Waals surface area (Å²) < 4.78 is 0. The van der Waals surface area contributed by atoms with Crippen LogP contribution < -0.4 is 0 Å². The van der Waals surface area contributed by atoms with Gasteiger partial charge in [-0.25, -0.2) is 0 Å². The fourth-order valence-electron chi connectivity index (χ4n) is 2.50. The Morgan fingerprint density at radius 1 is 0.850 bits per heavy atom. The zero-order valence-corrected chi connectivity index (χ0v) is 10.9. The van der Waals surface area contributed by atoms with Crippen LogP contribution in [0.25, 0.3) is 21.9 Å². The van der Waals surface area contributed by atoms with Crippen molar-refractivity contribution in [1.29, 1.82) is 0 Å². The first kappa shape index (κ1) is 12.4. The first-order chi connectivity index (χ1) is 9.74. The first-order valence-electron chi connectivity index (χ1n) is 6.53. The van der Waals surface area contributed by atoms with E-state index in [4.69, 9.17) is 5.11 Å². The maximum Gasteiger partial charge on any atom is 0.307 e. The number of carboxylic acids is 1. The molecule has 0 aliphatic heterocycles. The SMILES string of the molecule is O=C(O)Cc1cc(-c2ccccc2)cc2ccccc12. The summed E-state index contributed by atoms with van der Waals surface area (Å²) >= 11 is 0. The average Bonchev–Trinajstić information content (AvgIpc) is 2.47. The molecule has 2 nitrogen and oxygen atoms in total. The second kappa shape index (κ2) is 5.17. The van der Waals surface area contributed by atoms with Crippen molar-refractivity contribution in [1.82, 2.24) is 0 Å². The Morgan fingerprint density at radius 2 is 1.55 bits per heavy atom. The van der Waals surface area contributed by atoms with Crippen LogP contribution in [0, 0.1) is 0 Å². The molecule has 0 aromatic heterocycles. The number of hydrogen-bond acceptors (Lipinski definition) is 1. The molecular weight excluding hydrogens is 248 g/mol. The van der Waals surface area contributed by atoms with Gasteiger partial charge in [0.25, 0.3) is 0 Å². The second-order valence-electron chi connectivity index (χ2n) is 4.79. The van der Waals surface area contributed by atoms with Crippen molar-refractivity contribution in [3.63, 3.8) is 0 Å². The molecule has 0 unspecified atom stereocenters. The van der Waals surface area contributed by atoms with Crippen molar-refractivity contribution in [3.8, 4) is 11.1 Å². The Hall–Kier alpha value is -2.61. The van der Waals surface area contributed by atoms with Crippen molar-refractivity contribution < 1.29 is 9.90 Å². The van der Waals surface area contributed by atoms with Gasteiger partial charge in [-0.3, -0.25) is 4.79 Å². The number of aliphatic carboxylic acids is 1. The highest BCUT2D eigenvalue weighted by molar-refractivity contribution is 5.92. The van der Waals surface area contributed by atoms with Gasteiger partial charge in [0.1, 0.15) is 0 Å². The maximum atomic E-state index is 11.1. The van der Waals surface area contributed by atoms with Crippen molar-refractivity contribution in [2.24, 2.45) is 0 Å². The van der Waals surface area contributed by atoms with E-state index >= 15 is 0 Å². The second-order valence-corrected chi connectivity index (χ2v) is 4.79. The molecule has 20 heavy (non-hydrogen) atoms. The van der Waals surface area contributed by atoms with E-state index in [1.54, 1.807) is 0 Å². The number of benzene rings is 3. The van der Waals surface area contributed by atoms with Crippen LogP contribution >= 0.6 is 0 Å². The van der Waals surface area contributed by atoms with Crippen LogP contribution in [-0.2, 0) is 11.2 Å². The zero-order chi connectivity index (χ0) is 13.9. The molecule has 3 aromatic rings. The summed E-state index contributed by atoms with van der Waals surface area (Å²) in [5, 5.41) is 11.2. The monoisotopic (exact) mass is 262 g/mol. The van der Waals surface area contributed by atoms with Gasteiger partial charge in [0, 0.05) is 0 Å². The lowest BCUT2D eigenvalue weighted by Crippen LogP contribution is -2.01. The predicted molar refractivity (Wildman–Crippen MR) is 80.7 cm³/mol. The summed E-state index contributed by atoms with van der Waals surface area (Å²) in [4.78, 5) is 11.1. The minimum Gasteiger partial charge on any atom is -0.481 e. The number of fused-ring (bicyclic) bond motifs is 1. The lowest BCUT2D eigenvalue weighted by atomic mass is 9.95. The fraction of sp³-hybridized carbons (Fsp3) is 0.0556. The van der Waals surface area contributed by atoms with Crippen LogP contribution in [0.1, 0.15) is 5.56 Å². The van der Waals surface area contributed by atoms with E-state index in [0.717, 1.165) is 27.5 Å². The quantitative estimate of drug-likeness (QED) is 0.770. The topological polar surface area (TPSA) is 37.3 Å². The lowest BCUT2D eigenvalue weighted by molar-refractivity contribution is -0.136. The van der Waals surface area contributed by atoms with Crippen molar-refractivity contribution in [3.05, 3.63) is 72.3 Å². The molecule has 3 aromatic carbocycles. The van der Waals surface area contributed by atoms with E-state index in [2.05, 4.69) is 6.07 Å². The standard InChI is InChI=1S/C18H14O2/c19-18(20)12-16-11-15(13-6-2-1-3-7-13)10-14-8-4-5-9-17(14)16/h1-11H,12H2,(H,19,20). The normalized spacial score (nSPS) is 10.6. The van der Waals surface area contributed by atoms with Gasteiger partial charge in [-0.05, 0) is 39.6 Å². The third-order valence-corrected chi connectivity index (χ3v) is 3.40. The Balaban J connectivity index is 2.22. The summed E-state index contributed by atoms with van der Waals surface area (Å²) in [7, 11) is 0. The summed E-state index contributed by atoms with van der Waals surface area (Å²) in [6, 6.07) is 22.0. The summed E-state index contributed by atoms with van der Waals surface area (Å²) in [5.74, 6) is -0.805. The lowest BCUT2D eigenvalue weighted by Gasteiger charge is -2.09. The Kier molecular flexibility index (Phi) is 3.21. The Morgan fingerprint density at radius 3 is 2.30 bits per heavy atom. The van der Waals surface area contributed by atoms with Crippen molar-refractivity contribution in [2.45, 2.75) is 6.42 Å².